The molecule has 3 fully saturated rings. The molecule has 7 nitrogen and oxygen atoms in total. The van der Waals surface area contributed by atoms with Crippen molar-refractivity contribution in [2.75, 3.05) is 52.5 Å². The van der Waals surface area contributed by atoms with E-state index in [1.807, 2.05) is 6.07 Å². The van der Waals surface area contributed by atoms with Crippen LogP contribution in [0.1, 0.15) is 50.8 Å². The number of piperidine rings is 1. The molecule has 1 aromatic heterocycles. The van der Waals surface area contributed by atoms with Gasteiger partial charge in [0.25, 0.3) is 0 Å². The Hall–Kier alpha value is -1.57. The summed E-state index contributed by atoms with van der Waals surface area (Å²) in [7, 11) is 0. The fourth-order valence-corrected chi connectivity index (χ4v) is 4.68. The van der Waals surface area contributed by atoms with Gasteiger partial charge in [-0.2, -0.15) is 0 Å². The third-order valence-electron chi connectivity index (χ3n) is 6.22. The first-order valence-corrected chi connectivity index (χ1v) is 11.4. The standard InChI is InChI=1S/C22H36N4O3/c1-2-23-22(26-12-15-29-21(17-26)20-9-7-14-28-20)24-16-18(19-8-6-13-27-19)25-10-4-3-5-11-25/h6,8,13,18,20-21H,2-5,7,9-12,14-17H2,1H3,(H,23,24). The molecule has 7 heteroatoms. The molecule has 1 aromatic rings. The Kier molecular flexibility index (Phi) is 7.46. The zero-order chi connectivity index (χ0) is 19.9. The number of aliphatic imine (C=N–C) groups is 1. The second kappa shape index (κ2) is 10.5. The van der Waals surface area contributed by atoms with E-state index in [4.69, 9.17) is 18.9 Å². The van der Waals surface area contributed by atoms with Crippen LogP contribution in [0.4, 0.5) is 0 Å². The van der Waals surface area contributed by atoms with E-state index in [1.165, 1.54) is 19.3 Å². The van der Waals surface area contributed by atoms with Gasteiger partial charge in [-0.3, -0.25) is 9.89 Å². The number of ether oxygens (including phenoxy) is 2. The maximum Gasteiger partial charge on any atom is 0.194 e. The second-order valence-electron chi connectivity index (χ2n) is 8.23. The molecule has 0 saturated carbocycles. The molecule has 3 aliphatic heterocycles. The fraction of sp³-hybridized carbons (Fsp3) is 0.773. The number of hydrogen-bond donors (Lipinski definition) is 1. The summed E-state index contributed by atoms with van der Waals surface area (Å²) in [6.45, 7) is 9.22. The molecule has 3 saturated heterocycles. The van der Waals surface area contributed by atoms with Gasteiger partial charge in [-0.15, -0.1) is 0 Å². The minimum Gasteiger partial charge on any atom is -0.468 e. The van der Waals surface area contributed by atoms with Gasteiger partial charge in [0, 0.05) is 26.2 Å². The summed E-state index contributed by atoms with van der Waals surface area (Å²) in [5, 5.41) is 3.50. The van der Waals surface area contributed by atoms with Crippen LogP contribution in [0.15, 0.2) is 27.8 Å². The van der Waals surface area contributed by atoms with E-state index in [-0.39, 0.29) is 18.2 Å². The van der Waals surface area contributed by atoms with Crippen molar-refractivity contribution in [1.82, 2.24) is 15.1 Å². The molecule has 0 amide bonds. The Balaban J connectivity index is 1.45. The molecule has 0 bridgehead atoms. The van der Waals surface area contributed by atoms with Crippen molar-refractivity contribution in [3.63, 3.8) is 0 Å². The quantitative estimate of drug-likeness (QED) is 0.581. The molecule has 3 aliphatic rings. The van der Waals surface area contributed by atoms with E-state index in [1.54, 1.807) is 6.26 Å². The highest BCUT2D eigenvalue weighted by molar-refractivity contribution is 5.80. The summed E-state index contributed by atoms with van der Waals surface area (Å²) < 4.78 is 17.7. The lowest BCUT2D eigenvalue weighted by atomic mass is 10.1. The van der Waals surface area contributed by atoms with Crippen LogP contribution >= 0.6 is 0 Å². The van der Waals surface area contributed by atoms with Crippen LogP contribution in [0.5, 0.6) is 0 Å². The highest BCUT2D eigenvalue weighted by atomic mass is 16.5. The van der Waals surface area contributed by atoms with Crippen LogP contribution in [0.2, 0.25) is 0 Å². The van der Waals surface area contributed by atoms with Gasteiger partial charge in [0.15, 0.2) is 5.96 Å². The molecule has 3 unspecified atom stereocenters. The van der Waals surface area contributed by atoms with E-state index >= 15 is 0 Å². The fourth-order valence-electron chi connectivity index (χ4n) is 4.68. The highest BCUT2D eigenvalue weighted by Gasteiger charge is 2.32. The molecule has 3 atom stereocenters. The van der Waals surface area contributed by atoms with E-state index in [2.05, 4.69) is 28.1 Å². The zero-order valence-corrected chi connectivity index (χ0v) is 17.7. The molecule has 0 spiro atoms. The molecule has 0 aromatic carbocycles. The third-order valence-corrected chi connectivity index (χ3v) is 6.22. The monoisotopic (exact) mass is 404 g/mol. The van der Waals surface area contributed by atoms with Gasteiger partial charge >= 0.3 is 0 Å². The average molecular weight is 405 g/mol. The van der Waals surface area contributed by atoms with Crippen LogP contribution in [0, 0.1) is 0 Å². The first kappa shape index (κ1) is 20.7. The molecule has 4 heterocycles. The smallest absolute Gasteiger partial charge is 0.194 e. The van der Waals surface area contributed by atoms with E-state index in [0.29, 0.717) is 6.54 Å². The number of likely N-dealkylation sites (tertiary alicyclic amines) is 1. The van der Waals surface area contributed by atoms with Gasteiger partial charge in [0.05, 0.1) is 31.6 Å². The van der Waals surface area contributed by atoms with Crippen LogP contribution < -0.4 is 5.32 Å². The van der Waals surface area contributed by atoms with E-state index < -0.39 is 0 Å². The SMILES string of the molecule is CCNC(=NCC(c1ccco1)N1CCCCC1)N1CCOC(C2CCCO2)C1. The first-order chi connectivity index (χ1) is 14.3. The summed E-state index contributed by atoms with van der Waals surface area (Å²) >= 11 is 0. The zero-order valence-electron chi connectivity index (χ0n) is 17.7. The van der Waals surface area contributed by atoms with Crippen LogP contribution in [0.25, 0.3) is 0 Å². The molecular weight excluding hydrogens is 368 g/mol. The molecule has 162 valence electrons. The minimum atomic E-state index is 0.137. The lowest BCUT2D eigenvalue weighted by Crippen LogP contribution is -2.53. The summed E-state index contributed by atoms with van der Waals surface area (Å²) in [6, 6.07) is 4.27. The van der Waals surface area contributed by atoms with Gasteiger partial charge in [-0.1, -0.05) is 6.42 Å². The largest absolute Gasteiger partial charge is 0.468 e. The lowest BCUT2D eigenvalue weighted by molar-refractivity contribution is -0.0817. The topological polar surface area (TPSA) is 62.5 Å². The first-order valence-electron chi connectivity index (χ1n) is 11.4. The van der Waals surface area contributed by atoms with Crippen molar-refractivity contribution in [2.45, 2.75) is 57.3 Å². The molecule has 29 heavy (non-hydrogen) atoms. The molecule has 1 N–H and O–H groups in total. The van der Waals surface area contributed by atoms with Gasteiger partial charge in [0.1, 0.15) is 11.9 Å². The minimum absolute atomic E-state index is 0.137. The maximum absolute atomic E-state index is 6.03. The van der Waals surface area contributed by atoms with E-state index in [9.17, 15) is 0 Å². The van der Waals surface area contributed by atoms with Gasteiger partial charge in [-0.05, 0) is 57.8 Å². The van der Waals surface area contributed by atoms with Crippen LogP contribution in [-0.4, -0.2) is 80.4 Å². The number of hydrogen-bond acceptors (Lipinski definition) is 5. The lowest BCUT2D eigenvalue weighted by Gasteiger charge is -2.37. The number of rotatable bonds is 6. The predicted octanol–water partition coefficient (Wildman–Crippen LogP) is 2.65. The van der Waals surface area contributed by atoms with Crippen LogP contribution in [-0.2, 0) is 9.47 Å². The van der Waals surface area contributed by atoms with Crippen LogP contribution in [0.3, 0.4) is 0 Å². The van der Waals surface area contributed by atoms with Crippen molar-refractivity contribution in [2.24, 2.45) is 4.99 Å². The molecule has 4 rings (SSSR count). The summed E-state index contributed by atoms with van der Waals surface area (Å²) in [4.78, 5) is 9.94. The van der Waals surface area contributed by atoms with Gasteiger partial charge in [-0.25, -0.2) is 0 Å². The number of morpholine rings is 1. The Labute approximate surface area is 174 Å². The molecule has 0 aliphatic carbocycles. The summed E-state index contributed by atoms with van der Waals surface area (Å²) in [6.07, 6.45) is 8.21. The Morgan fingerprint density at radius 1 is 1.14 bits per heavy atom. The normalized spacial score (nSPS) is 27.9. The molecular formula is C22H36N4O3. The van der Waals surface area contributed by atoms with Crippen molar-refractivity contribution in [3.8, 4) is 0 Å². The van der Waals surface area contributed by atoms with Crippen molar-refractivity contribution < 1.29 is 13.9 Å². The number of nitrogens with one attached hydrogen (secondary N) is 1. The molecule has 0 radical (unpaired) electrons. The summed E-state index contributed by atoms with van der Waals surface area (Å²) in [5.41, 5.74) is 0. The van der Waals surface area contributed by atoms with Crippen molar-refractivity contribution in [3.05, 3.63) is 24.2 Å². The number of nitrogens with zero attached hydrogens (tertiary/aromatic N) is 3. The van der Waals surface area contributed by atoms with Crippen molar-refractivity contribution >= 4 is 5.96 Å². The second-order valence-corrected chi connectivity index (χ2v) is 8.23. The Morgan fingerprint density at radius 3 is 2.72 bits per heavy atom. The Bertz CT molecular complexity index is 624. The maximum atomic E-state index is 6.03. The van der Waals surface area contributed by atoms with Gasteiger partial charge in [0.2, 0.25) is 0 Å². The third kappa shape index (κ3) is 5.32. The number of guanidine groups is 1. The van der Waals surface area contributed by atoms with Crippen molar-refractivity contribution in [1.29, 1.82) is 0 Å². The van der Waals surface area contributed by atoms with Gasteiger partial charge < -0.3 is 24.1 Å². The number of furan rings is 1. The Morgan fingerprint density at radius 2 is 2.00 bits per heavy atom. The predicted molar refractivity (Wildman–Crippen MR) is 113 cm³/mol. The average Bonchev–Trinajstić information content (AvgIpc) is 3.49. The van der Waals surface area contributed by atoms with E-state index in [0.717, 1.165) is 70.5 Å². The summed E-state index contributed by atoms with van der Waals surface area (Å²) in [5.74, 6) is 2.00. The highest BCUT2D eigenvalue weighted by Crippen LogP contribution is 2.26.